The highest BCUT2D eigenvalue weighted by Gasteiger charge is 2.17. The molecule has 3 heteroatoms. The minimum atomic E-state index is 0.635. The molecule has 0 aromatic rings. The summed E-state index contributed by atoms with van der Waals surface area (Å²) in [6, 6.07) is 0.635. The maximum absolute atomic E-state index is 9.82. The van der Waals surface area contributed by atoms with E-state index in [1.807, 2.05) is 0 Å². The molecule has 0 aliphatic carbocycles. The van der Waals surface area contributed by atoms with E-state index in [4.69, 9.17) is 0 Å². The molecule has 0 aromatic heterocycles. The zero-order chi connectivity index (χ0) is 8.81. The van der Waals surface area contributed by atoms with Gasteiger partial charge in [0.2, 0.25) is 6.08 Å². The van der Waals surface area contributed by atoms with Crippen molar-refractivity contribution >= 4 is 6.08 Å². The average molecular weight is 168 g/mol. The SMILES string of the molecule is CN1CCCCC1CCN=C=O. The van der Waals surface area contributed by atoms with Gasteiger partial charge in [0.1, 0.15) is 0 Å². The molecule has 1 unspecified atom stereocenters. The fourth-order valence-electron chi connectivity index (χ4n) is 1.77. The van der Waals surface area contributed by atoms with Crippen molar-refractivity contribution in [3.05, 3.63) is 0 Å². The molecule has 1 aliphatic rings. The van der Waals surface area contributed by atoms with Crippen LogP contribution in [-0.4, -0.2) is 37.2 Å². The van der Waals surface area contributed by atoms with Crippen molar-refractivity contribution in [1.82, 2.24) is 4.90 Å². The zero-order valence-corrected chi connectivity index (χ0v) is 7.62. The summed E-state index contributed by atoms with van der Waals surface area (Å²) in [5.41, 5.74) is 0. The van der Waals surface area contributed by atoms with Gasteiger partial charge >= 0.3 is 0 Å². The Morgan fingerprint density at radius 3 is 3.08 bits per heavy atom. The Kier molecular flexibility index (Phi) is 3.98. The molecule has 0 radical (unpaired) electrons. The Bertz CT molecular complexity index is 175. The minimum absolute atomic E-state index is 0.635. The first-order valence-corrected chi connectivity index (χ1v) is 4.58. The molecule has 1 fully saturated rings. The number of hydrogen-bond donors (Lipinski definition) is 0. The number of isocyanates is 1. The van der Waals surface area contributed by atoms with Gasteiger partial charge in [-0.15, -0.1) is 0 Å². The van der Waals surface area contributed by atoms with Crippen molar-refractivity contribution in [3.63, 3.8) is 0 Å². The Labute approximate surface area is 73.5 Å². The second kappa shape index (κ2) is 5.07. The molecule has 0 amide bonds. The molecule has 68 valence electrons. The Morgan fingerprint density at radius 1 is 1.58 bits per heavy atom. The number of nitrogens with zero attached hydrogens (tertiary/aromatic N) is 2. The third-order valence-electron chi connectivity index (χ3n) is 2.56. The molecule has 0 N–H and O–H groups in total. The quantitative estimate of drug-likeness (QED) is 0.468. The van der Waals surface area contributed by atoms with Gasteiger partial charge in [-0.25, -0.2) is 9.79 Å². The Morgan fingerprint density at radius 2 is 2.42 bits per heavy atom. The van der Waals surface area contributed by atoms with Crippen molar-refractivity contribution in [2.45, 2.75) is 31.7 Å². The second-order valence-electron chi connectivity index (χ2n) is 3.39. The first-order chi connectivity index (χ1) is 5.84. The number of rotatable bonds is 3. The van der Waals surface area contributed by atoms with Crippen molar-refractivity contribution in [1.29, 1.82) is 0 Å². The van der Waals surface area contributed by atoms with Gasteiger partial charge in [-0.1, -0.05) is 6.42 Å². The number of hydrogen-bond acceptors (Lipinski definition) is 3. The van der Waals surface area contributed by atoms with Crippen LogP contribution in [0.1, 0.15) is 25.7 Å². The van der Waals surface area contributed by atoms with Crippen LogP contribution in [-0.2, 0) is 4.79 Å². The molecule has 1 saturated heterocycles. The molecule has 1 rings (SSSR count). The minimum Gasteiger partial charge on any atom is -0.303 e. The van der Waals surface area contributed by atoms with Gasteiger partial charge in [-0.2, -0.15) is 0 Å². The second-order valence-corrected chi connectivity index (χ2v) is 3.39. The summed E-state index contributed by atoms with van der Waals surface area (Å²) in [4.78, 5) is 15.8. The van der Waals surface area contributed by atoms with Crippen LogP contribution in [0.4, 0.5) is 0 Å². The highest BCUT2D eigenvalue weighted by Crippen LogP contribution is 2.17. The van der Waals surface area contributed by atoms with E-state index >= 15 is 0 Å². The topological polar surface area (TPSA) is 32.7 Å². The third kappa shape index (κ3) is 2.76. The summed E-state index contributed by atoms with van der Waals surface area (Å²) in [7, 11) is 2.15. The lowest BCUT2D eigenvalue weighted by molar-refractivity contribution is 0.178. The van der Waals surface area contributed by atoms with Crippen LogP contribution in [0.2, 0.25) is 0 Å². The maximum atomic E-state index is 9.82. The lowest BCUT2D eigenvalue weighted by atomic mass is 10.0. The van der Waals surface area contributed by atoms with Crippen molar-refractivity contribution < 1.29 is 4.79 Å². The van der Waals surface area contributed by atoms with E-state index in [0.29, 0.717) is 12.6 Å². The van der Waals surface area contributed by atoms with Gasteiger partial charge in [-0.3, -0.25) is 0 Å². The summed E-state index contributed by atoms with van der Waals surface area (Å²) in [6.07, 6.45) is 6.47. The molecule has 3 nitrogen and oxygen atoms in total. The van der Waals surface area contributed by atoms with Gasteiger partial charge in [-0.05, 0) is 32.9 Å². The van der Waals surface area contributed by atoms with Crippen molar-refractivity contribution in [3.8, 4) is 0 Å². The molecule has 1 heterocycles. The molecule has 1 atom stereocenters. The van der Waals surface area contributed by atoms with Crippen LogP contribution >= 0.6 is 0 Å². The number of aliphatic imine (C=N–C) groups is 1. The van der Waals surface area contributed by atoms with Gasteiger partial charge in [0.05, 0.1) is 6.54 Å². The van der Waals surface area contributed by atoms with E-state index < -0.39 is 0 Å². The smallest absolute Gasteiger partial charge is 0.234 e. The van der Waals surface area contributed by atoms with Crippen LogP contribution in [0.25, 0.3) is 0 Å². The molecule has 0 aromatic carbocycles. The highest BCUT2D eigenvalue weighted by molar-refractivity contribution is 5.32. The Hall–Kier alpha value is -0.660. The summed E-state index contributed by atoms with van der Waals surface area (Å²) in [6.45, 7) is 1.83. The third-order valence-corrected chi connectivity index (χ3v) is 2.56. The lowest BCUT2D eigenvalue weighted by Crippen LogP contribution is -2.36. The molecule has 12 heavy (non-hydrogen) atoms. The monoisotopic (exact) mass is 168 g/mol. The van der Waals surface area contributed by atoms with Crippen molar-refractivity contribution in [2.75, 3.05) is 20.1 Å². The predicted molar refractivity (Wildman–Crippen MR) is 47.9 cm³/mol. The fraction of sp³-hybridized carbons (Fsp3) is 0.889. The molecule has 0 bridgehead atoms. The van der Waals surface area contributed by atoms with E-state index in [2.05, 4.69) is 16.9 Å². The molecule has 0 spiro atoms. The Balaban J connectivity index is 2.24. The first kappa shape index (κ1) is 9.43. The normalized spacial score (nSPS) is 24.9. The number of carbonyl (C=O) groups excluding carboxylic acids is 1. The summed E-state index contributed by atoms with van der Waals surface area (Å²) in [5, 5.41) is 0. The van der Waals surface area contributed by atoms with Crippen LogP contribution < -0.4 is 0 Å². The number of likely N-dealkylation sites (tertiary alicyclic amines) is 1. The van der Waals surface area contributed by atoms with E-state index in [1.165, 1.54) is 25.8 Å². The van der Waals surface area contributed by atoms with Gasteiger partial charge in [0, 0.05) is 6.04 Å². The van der Waals surface area contributed by atoms with Gasteiger partial charge in [0.15, 0.2) is 0 Å². The van der Waals surface area contributed by atoms with Crippen LogP contribution in [0.5, 0.6) is 0 Å². The summed E-state index contributed by atoms with van der Waals surface area (Å²) >= 11 is 0. The molecule has 1 aliphatic heterocycles. The van der Waals surface area contributed by atoms with Gasteiger partial charge in [0.25, 0.3) is 0 Å². The maximum Gasteiger partial charge on any atom is 0.234 e. The van der Waals surface area contributed by atoms with Crippen LogP contribution in [0.15, 0.2) is 4.99 Å². The fourth-order valence-corrected chi connectivity index (χ4v) is 1.77. The van der Waals surface area contributed by atoms with Crippen LogP contribution in [0, 0.1) is 0 Å². The van der Waals surface area contributed by atoms with Gasteiger partial charge < -0.3 is 4.90 Å². The zero-order valence-electron chi connectivity index (χ0n) is 7.62. The molecular formula is C9H16N2O. The van der Waals surface area contributed by atoms with E-state index in [1.54, 1.807) is 6.08 Å². The standard InChI is InChI=1S/C9H16N2O/c1-11-7-3-2-4-9(11)5-6-10-8-12/h9H,2-7H2,1H3. The van der Waals surface area contributed by atoms with Crippen LogP contribution in [0.3, 0.4) is 0 Å². The van der Waals surface area contributed by atoms with Crippen molar-refractivity contribution in [2.24, 2.45) is 4.99 Å². The van der Waals surface area contributed by atoms with E-state index in [9.17, 15) is 4.79 Å². The summed E-state index contributed by atoms with van der Waals surface area (Å²) < 4.78 is 0. The predicted octanol–water partition coefficient (Wildman–Crippen LogP) is 1.20. The lowest BCUT2D eigenvalue weighted by Gasteiger charge is -2.31. The highest BCUT2D eigenvalue weighted by atomic mass is 16.1. The van der Waals surface area contributed by atoms with E-state index in [-0.39, 0.29) is 0 Å². The largest absolute Gasteiger partial charge is 0.303 e. The average Bonchev–Trinajstić information content (AvgIpc) is 2.09. The molecular weight excluding hydrogens is 152 g/mol. The molecule has 0 saturated carbocycles. The first-order valence-electron chi connectivity index (χ1n) is 4.58. The summed E-state index contributed by atoms with van der Waals surface area (Å²) in [5.74, 6) is 0. The van der Waals surface area contributed by atoms with E-state index in [0.717, 1.165) is 6.42 Å². The number of piperidine rings is 1.